The molecule has 1 N–H and O–H groups in total. The van der Waals surface area contributed by atoms with Gasteiger partial charge in [-0.05, 0) is 44.8 Å². The van der Waals surface area contributed by atoms with E-state index in [9.17, 15) is 4.79 Å². The predicted octanol–water partition coefficient (Wildman–Crippen LogP) is 3.46. The third kappa shape index (κ3) is 4.90. The maximum absolute atomic E-state index is 12.6. The van der Waals surface area contributed by atoms with Crippen LogP contribution in [0.15, 0.2) is 0 Å². The molecule has 1 unspecified atom stereocenters. The summed E-state index contributed by atoms with van der Waals surface area (Å²) >= 11 is 6.64. The first-order valence-electron chi connectivity index (χ1n) is 7.68. The Labute approximate surface area is 135 Å². The first-order chi connectivity index (χ1) is 10.1. The van der Waals surface area contributed by atoms with Crippen LogP contribution in [0.25, 0.3) is 0 Å². The van der Waals surface area contributed by atoms with E-state index in [-0.39, 0.29) is 12.0 Å². The lowest BCUT2D eigenvalue weighted by atomic mass is 10.1. The summed E-state index contributed by atoms with van der Waals surface area (Å²) in [6.45, 7) is 6.43. The van der Waals surface area contributed by atoms with Crippen molar-refractivity contribution in [3.8, 4) is 0 Å². The van der Waals surface area contributed by atoms with Crippen LogP contribution in [0.1, 0.15) is 43.2 Å². The monoisotopic (exact) mass is 328 g/mol. The van der Waals surface area contributed by atoms with Gasteiger partial charge in [0.1, 0.15) is 0 Å². The number of ether oxygens (including phenoxy) is 1. The van der Waals surface area contributed by atoms with Crippen LogP contribution >= 0.6 is 23.6 Å². The molecule has 4 nitrogen and oxygen atoms in total. The third-order valence-corrected chi connectivity index (χ3v) is 5.12. The van der Waals surface area contributed by atoms with Crippen molar-refractivity contribution < 1.29 is 9.53 Å². The topological polar surface area (TPSA) is 45.3 Å². The average Bonchev–Trinajstić information content (AvgIpc) is 2.77. The van der Waals surface area contributed by atoms with Crippen molar-refractivity contribution in [2.45, 2.75) is 52.1 Å². The van der Waals surface area contributed by atoms with Crippen LogP contribution in [-0.2, 0) is 16.0 Å². The lowest BCUT2D eigenvalue weighted by Gasteiger charge is -2.30. The van der Waals surface area contributed by atoms with Gasteiger partial charge in [-0.3, -0.25) is 4.79 Å². The van der Waals surface area contributed by atoms with Crippen LogP contribution < -0.4 is 0 Å². The molecule has 0 aliphatic carbocycles. The molecule has 0 bridgehead atoms. The summed E-state index contributed by atoms with van der Waals surface area (Å²) < 4.78 is 6.51. The van der Waals surface area contributed by atoms with E-state index in [0.717, 1.165) is 53.5 Å². The minimum Gasteiger partial charge on any atom is -0.376 e. The Bertz CT molecular complexity index is 518. The quantitative estimate of drug-likeness (QED) is 0.813. The maximum Gasteiger partial charge on any atom is 0.227 e. The highest BCUT2D eigenvalue weighted by Crippen LogP contribution is 2.18. The van der Waals surface area contributed by atoms with Crippen molar-refractivity contribution in [2.24, 2.45) is 0 Å². The minimum atomic E-state index is 0.180. The molecule has 6 heteroatoms. The largest absolute Gasteiger partial charge is 0.376 e. The van der Waals surface area contributed by atoms with E-state index in [2.05, 4.69) is 11.9 Å². The highest BCUT2D eigenvalue weighted by molar-refractivity contribution is 7.73. The molecule has 1 aromatic heterocycles. The summed E-state index contributed by atoms with van der Waals surface area (Å²) in [4.78, 5) is 18.7. The molecule has 0 aromatic carbocycles. The normalized spacial score (nSPS) is 18.7. The Kier molecular flexibility index (Phi) is 6.39. The number of aromatic nitrogens is 1. The van der Waals surface area contributed by atoms with E-state index >= 15 is 0 Å². The summed E-state index contributed by atoms with van der Waals surface area (Å²) in [5.41, 5.74) is 1.02. The second-order valence-corrected chi connectivity index (χ2v) is 7.34. The molecule has 1 fully saturated rings. The van der Waals surface area contributed by atoms with Crippen LogP contribution in [-0.4, -0.2) is 41.6 Å². The summed E-state index contributed by atoms with van der Waals surface area (Å²) in [7, 11) is 0. The van der Waals surface area contributed by atoms with Crippen LogP contribution in [0, 0.1) is 10.9 Å². The number of hydrogen-bond donors (Lipinski definition) is 1. The highest BCUT2D eigenvalue weighted by atomic mass is 32.1. The van der Waals surface area contributed by atoms with E-state index in [1.807, 2.05) is 11.8 Å². The van der Waals surface area contributed by atoms with Gasteiger partial charge in [0.2, 0.25) is 5.91 Å². The molecule has 1 saturated heterocycles. The maximum atomic E-state index is 12.6. The lowest BCUT2D eigenvalue weighted by molar-refractivity contribution is -0.133. The van der Waals surface area contributed by atoms with Gasteiger partial charge in [-0.2, -0.15) is 0 Å². The van der Waals surface area contributed by atoms with E-state index in [1.54, 1.807) is 0 Å². The number of aromatic amines is 1. The first kappa shape index (κ1) is 16.6. The van der Waals surface area contributed by atoms with Gasteiger partial charge < -0.3 is 14.6 Å². The predicted molar refractivity (Wildman–Crippen MR) is 88.4 cm³/mol. The van der Waals surface area contributed by atoms with Gasteiger partial charge >= 0.3 is 0 Å². The fraction of sp³-hybridized carbons (Fsp3) is 0.733. The van der Waals surface area contributed by atoms with E-state index < -0.39 is 0 Å². The zero-order valence-electron chi connectivity index (χ0n) is 12.8. The van der Waals surface area contributed by atoms with Gasteiger partial charge in [-0.1, -0.05) is 6.92 Å². The molecule has 1 aliphatic heterocycles. The van der Waals surface area contributed by atoms with Crippen molar-refractivity contribution in [2.75, 3.05) is 19.7 Å². The molecule has 1 atom stereocenters. The van der Waals surface area contributed by atoms with Crippen LogP contribution in [0.5, 0.6) is 0 Å². The van der Waals surface area contributed by atoms with E-state index in [1.165, 1.54) is 17.8 Å². The van der Waals surface area contributed by atoms with Crippen LogP contribution in [0.4, 0.5) is 0 Å². The van der Waals surface area contributed by atoms with E-state index in [4.69, 9.17) is 17.0 Å². The molecule has 0 saturated carbocycles. The van der Waals surface area contributed by atoms with Gasteiger partial charge in [-0.15, -0.1) is 11.3 Å². The number of rotatable bonds is 6. The molecular formula is C15H24N2O2S2. The summed E-state index contributed by atoms with van der Waals surface area (Å²) in [6.07, 6.45) is 5.03. The first-order valence-corrected chi connectivity index (χ1v) is 8.90. The number of thiazole rings is 1. The summed E-state index contributed by atoms with van der Waals surface area (Å²) in [6, 6.07) is 0. The number of carbonyl (C=O) groups excluding carboxylic acids is 1. The Morgan fingerprint density at radius 1 is 1.52 bits per heavy atom. The summed E-state index contributed by atoms with van der Waals surface area (Å²) in [5, 5.41) is 0. The van der Waals surface area contributed by atoms with Gasteiger partial charge in [-0.25, -0.2) is 0 Å². The molecular weight excluding hydrogens is 304 g/mol. The summed E-state index contributed by atoms with van der Waals surface area (Å²) in [5.74, 6) is 0.180. The smallest absolute Gasteiger partial charge is 0.227 e. The molecule has 118 valence electrons. The number of amides is 1. The van der Waals surface area contributed by atoms with Crippen molar-refractivity contribution >= 4 is 29.5 Å². The minimum absolute atomic E-state index is 0.180. The number of nitrogens with one attached hydrogen (secondary N) is 1. The van der Waals surface area contributed by atoms with Crippen molar-refractivity contribution in [1.29, 1.82) is 0 Å². The van der Waals surface area contributed by atoms with Crippen molar-refractivity contribution in [1.82, 2.24) is 9.88 Å². The van der Waals surface area contributed by atoms with Crippen molar-refractivity contribution in [3.63, 3.8) is 0 Å². The molecule has 2 heterocycles. The van der Waals surface area contributed by atoms with Gasteiger partial charge in [0.15, 0.2) is 3.95 Å². The number of H-pyrrole nitrogens is 1. The van der Waals surface area contributed by atoms with Crippen LogP contribution in [0.3, 0.4) is 0 Å². The van der Waals surface area contributed by atoms with Crippen LogP contribution in [0.2, 0.25) is 0 Å². The zero-order valence-corrected chi connectivity index (χ0v) is 14.4. The molecule has 2 rings (SSSR count). The second-order valence-electron chi connectivity index (χ2n) is 5.57. The number of aryl methyl sites for hydroxylation is 1. The second kappa shape index (κ2) is 8.06. The Morgan fingerprint density at radius 3 is 2.90 bits per heavy atom. The standard InChI is InChI=1S/C15H24N2O2S2/c1-3-7-17(10-12-6-4-5-8-19-12)14(18)9-13-11(2)16-15(20)21-13/h12H,3-10H2,1-2H3,(H,16,20). The molecule has 21 heavy (non-hydrogen) atoms. The number of nitrogens with zero attached hydrogens (tertiary/aromatic N) is 1. The SMILES string of the molecule is CCCN(CC1CCCCO1)C(=O)Cc1sc(=S)[nH]c1C. The zero-order chi connectivity index (χ0) is 15.2. The number of carbonyl (C=O) groups is 1. The molecule has 0 spiro atoms. The molecule has 0 radical (unpaired) electrons. The third-order valence-electron chi connectivity index (χ3n) is 3.78. The van der Waals surface area contributed by atoms with E-state index in [0.29, 0.717) is 6.42 Å². The number of hydrogen-bond acceptors (Lipinski definition) is 4. The van der Waals surface area contributed by atoms with Gasteiger partial charge in [0.25, 0.3) is 0 Å². The molecule has 1 aliphatic rings. The van der Waals surface area contributed by atoms with Gasteiger partial charge in [0.05, 0.1) is 12.5 Å². The fourth-order valence-electron chi connectivity index (χ4n) is 2.64. The highest BCUT2D eigenvalue weighted by Gasteiger charge is 2.22. The van der Waals surface area contributed by atoms with Crippen molar-refractivity contribution in [3.05, 3.63) is 14.5 Å². The average molecular weight is 329 g/mol. The Balaban J connectivity index is 1.97. The Hall–Kier alpha value is -0.720. The lowest BCUT2D eigenvalue weighted by Crippen LogP contribution is -2.40. The molecule has 1 aromatic rings. The fourth-order valence-corrected chi connectivity index (χ4v) is 3.92. The Morgan fingerprint density at radius 2 is 2.33 bits per heavy atom. The van der Waals surface area contributed by atoms with Gasteiger partial charge in [0, 0.05) is 30.3 Å². The molecule has 1 amide bonds.